The average Bonchev–Trinajstić information content (AvgIpc) is 2.53. The van der Waals surface area contributed by atoms with E-state index in [-0.39, 0.29) is 5.15 Å². The fourth-order valence-corrected chi connectivity index (χ4v) is 2.32. The third kappa shape index (κ3) is 3.17. The van der Waals surface area contributed by atoms with Gasteiger partial charge in [0.1, 0.15) is 12.0 Å². The zero-order valence-corrected chi connectivity index (χ0v) is 12.2. The minimum atomic E-state index is 0.248. The van der Waals surface area contributed by atoms with E-state index < -0.39 is 0 Å². The summed E-state index contributed by atoms with van der Waals surface area (Å²) in [5.74, 6) is 0.508. The van der Waals surface area contributed by atoms with Crippen molar-refractivity contribution in [3.8, 4) is 0 Å². The Morgan fingerprint density at radius 2 is 1.86 bits per heavy atom. The highest BCUT2D eigenvalue weighted by molar-refractivity contribution is 6.32. The summed E-state index contributed by atoms with van der Waals surface area (Å²) in [4.78, 5) is 10.2. The summed E-state index contributed by atoms with van der Waals surface area (Å²) < 4.78 is 5.35. The van der Waals surface area contributed by atoms with E-state index in [1.54, 1.807) is 0 Å². The van der Waals surface area contributed by atoms with Gasteiger partial charge in [-0.2, -0.15) is 0 Å². The number of ether oxygens (including phenoxy) is 1. The molecule has 1 aliphatic rings. The minimum absolute atomic E-state index is 0.248. The fourth-order valence-electron chi connectivity index (χ4n) is 2.19. The van der Waals surface area contributed by atoms with E-state index in [2.05, 4.69) is 32.3 Å². The Hall–Kier alpha value is -2.05. The largest absolute Gasteiger partial charge is 0.393 e. The lowest BCUT2D eigenvalue weighted by molar-refractivity contribution is 0.122. The van der Waals surface area contributed by atoms with Crippen molar-refractivity contribution in [1.29, 1.82) is 0 Å². The molecule has 110 valence electrons. The summed E-state index contributed by atoms with van der Waals surface area (Å²) in [6, 6.07) is 8.10. The predicted molar refractivity (Wildman–Crippen MR) is 84.2 cm³/mol. The Kier molecular flexibility index (Phi) is 4.08. The number of morpholine rings is 1. The van der Waals surface area contributed by atoms with Crippen LogP contribution in [0.4, 0.5) is 22.9 Å². The van der Waals surface area contributed by atoms with Crippen LogP contribution in [0.15, 0.2) is 30.6 Å². The Balaban J connectivity index is 1.73. The highest BCUT2D eigenvalue weighted by Gasteiger charge is 2.11. The molecule has 0 saturated carbocycles. The van der Waals surface area contributed by atoms with Crippen LogP contribution in [0.25, 0.3) is 0 Å². The summed E-state index contributed by atoms with van der Waals surface area (Å²) in [6.45, 7) is 3.38. The molecule has 0 atom stereocenters. The Bertz CT molecular complexity index is 613. The van der Waals surface area contributed by atoms with E-state index in [4.69, 9.17) is 22.1 Å². The van der Waals surface area contributed by atoms with Crippen LogP contribution in [0.2, 0.25) is 5.15 Å². The molecule has 3 rings (SSSR count). The van der Waals surface area contributed by atoms with E-state index in [9.17, 15) is 0 Å². The van der Waals surface area contributed by atoms with Crippen LogP contribution in [0.5, 0.6) is 0 Å². The van der Waals surface area contributed by atoms with Crippen molar-refractivity contribution in [2.45, 2.75) is 0 Å². The number of nitrogen functional groups attached to an aromatic ring is 1. The highest BCUT2D eigenvalue weighted by atomic mass is 35.5. The molecule has 0 aliphatic carbocycles. The van der Waals surface area contributed by atoms with Gasteiger partial charge < -0.3 is 20.7 Å². The van der Waals surface area contributed by atoms with Crippen molar-refractivity contribution in [2.24, 2.45) is 0 Å². The van der Waals surface area contributed by atoms with Crippen molar-refractivity contribution in [3.63, 3.8) is 0 Å². The quantitative estimate of drug-likeness (QED) is 0.847. The molecular formula is C14H16ClN5O. The second-order valence-electron chi connectivity index (χ2n) is 4.70. The first kappa shape index (κ1) is 13.9. The number of nitrogens with one attached hydrogen (secondary N) is 1. The zero-order valence-electron chi connectivity index (χ0n) is 11.4. The number of nitrogens with two attached hydrogens (primary N) is 1. The zero-order chi connectivity index (χ0) is 14.7. The minimum Gasteiger partial charge on any atom is -0.393 e. The Labute approximate surface area is 127 Å². The third-order valence-electron chi connectivity index (χ3n) is 3.34. The van der Waals surface area contributed by atoms with Gasteiger partial charge in [-0.1, -0.05) is 11.6 Å². The van der Waals surface area contributed by atoms with Crippen molar-refractivity contribution >= 4 is 34.5 Å². The third-order valence-corrected chi connectivity index (χ3v) is 3.64. The maximum Gasteiger partial charge on any atom is 0.158 e. The molecule has 21 heavy (non-hydrogen) atoms. The van der Waals surface area contributed by atoms with Crippen LogP contribution in [-0.2, 0) is 4.74 Å². The number of hydrogen-bond acceptors (Lipinski definition) is 6. The number of aromatic nitrogens is 2. The van der Waals surface area contributed by atoms with E-state index in [0.717, 1.165) is 32.0 Å². The second-order valence-corrected chi connectivity index (χ2v) is 5.06. The van der Waals surface area contributed by atoms with Crippen LogP contribution < -0.4 is 16.0 Å². The number of anilines is 4. The summed E-state index contributed by atoms with van der Waals surface area (Å²) in [6.07, 6.45) is 1.38. The average molecular weight is 306 g/mol. The van der Waals surface area contributed by atoms with Crippen LogP contribution in [-0.4, -0.2) is 36.3 Å². The maximum atomic E-state index is 5.87. The molecule has 0 spiro atoms. The summed E-state index contributed by atoms with van der Waals surface area (Å²) in [5.41, 5.74) is 8.25. The van der Waals surface area contributed by atoms with E-state index in [0.29, 0.717) is 11.5 Å². The topological polar surface area (TPSA) is 76.3 Å². The Morgan fingerprint density at radius 3 is 2.57 bits per heavy atom. The van der Waals surface area contributed by atoms with Gasteiger partial charge >= 0.3 is 0 Å². The van der Waals surface area contributed by atoms with Gasteiger partial charge in [-0.25, -0.2) is 9.97 Å². The molecule has 1 aliphatic heterocycles. The lowest BCUT2D eigenvalue weighted by Gasteiger charge is -2.28. The predicted octanol–water partition coefficient (Wildman–Crippen LogP) is 2.29. The van der Waals surface area contributed by atoms with Crippen molar-refractivity contribution < 1.29 is 4.74 Å². The van der Waals surface area contributed by atoms with Crippen molar-refractivity contribution in [2.75, 3.05) is 42.3 Å². The maximum absolute atomic E-state index is 5.87. The highest BCUT2D eigenvalue weighted by Crippen LogP contribution is 2.26. The van der Waals surface area contributed by atoms with Crippen molar-refractivity contribution in [1.82, 2.24) is 9.97 Å². The van der Waals surface area contributed by atoms with Gasteiger partial charge in [0.2, 0.25) is 0 Å². The molecule has 1 saturated heterocycles. The molecule has 0 amide bonds. The Morgan fingerprint density at radius 1 is 1.14 bits per heavy atom. The monoisotopic (exact) mass is 305 g/mol. The first-order valence-corrected chi connectivity index (χ1v) is 7.07. The molecular weight excluding hydrogens is 290 g/mol. The molecule has 6 nitrogen and oxygen atoms in total. The second kappa shape index (κ2) is 6.15. The lowest BCUT2D eigenvalue weighted by atomic mass is 10.2. The number of halogens is 1. The van der Waals surface area contributed by atoms with Crippen molar-refractivity contribution in [3.05, 3.63) is 35.7 Å². The van der Waals surface area contributed by atoms with Gasteiger partial charge in [0.15, 0.2) is 11.0 Å². The van der Waals surface area contributed by atoms with Crippen LogP contribution in [0.1, 0.15) is 0 Å². The molecule has 1 aromatic carbocycles. The van der Waals surface area contributed by atoms with Gasteiger partial charge in [0.05, 0.1) is 13.2 Å². The van der Waals surface area contributed by atoms with Gasteiger partial charge in [-0.05, 0) is 24.3 Å². The fraction of sp³-hybridized carbons (Fsp3) is 0.286. The molecule has 1 aromatic heterocycles. The summed E-state index contributed by atoms with van der Waals surface area (Å²) in [7, 11) is 0. The molecule has 0 bridgehead atoms. The molecule has 2 aromatic rings. The smallest absolute Gasteiger partial charge is 0.158 e. The summed E-state index contributed by atoms with van der Waals surface area (Å²) in [5, 5.41) is 3.39. The molecule has 7 heteroatoms. The number of hydrogen-bond donors (Lipinski definition) is 2. The van der Waals surface area contributed by atoms with Crippen LogP contribution in [0, 0.1) is 0 Å². The molecule has 2 heterocycles. The molecule has 1 fully saturated rings. The first-order chi connectivity index (χ1) is 10.2. The van der Waals surface area contributed by atoms with Gasteiger partial charge in [-0.15, -0.1) is 0 Å². The van der Waals surface area contributed by atoms with Gasteiger partial charge in [0.25, 0.3) is 0 Å². The molecule has 0 unspecified atom stereocenters. The number of benzene rings is 1. The van der Waals surface area contributed by atoms with Crippen LogP contribution >= 0.6 is 11.6 Å². The number of nitrogens with zero attached hydrogens (tertiary/aromatic N) is 3. The number of rotatable bonds is 3. The van der Waals surface area contributed by atoms with Gasteiger partial charge in [-0.3, -0.25) is 0 Å². The summed E-state index contributed by atoms with van der Waals surface area (Å²) >= 11 is 5.87. The van der Waals surface area contributed by atoms with E-state index >= 15 is 0 Å². The lowest BCUT2D eigenvalue weighted by Crippen LogP contribution is -2.36. The SMILES string of the molecule is Nc1c(Cl)ncnc1Nc1ccc(N2CCOCC2)cc1. The van der Waals surface area contributed by atoms with Gasteiger partial charge in [0, 0.05) is 24.5 Å². The molecule has 3 N–H and O–H groups in total. The van der Waals surface area contributed by atoms with Crippen LogP contribution in [0.3, 0.4) is 0 Å². The molecule has 0 radical (unpaired) electrons. The first-order valence-electron chi connectivity index (χ1n) is 6.70. The van der Waals surface area contributed by atoms with E-state index in [1.165, 1.54) is 12.0 Å². The standard InChI is InChI=1S/C14H16ClN5O/c15-13-12(16)14(18-9-17-13)19-10-1-3-11(4-2-10)20-5-7-21-8-6-20/h1-4,9H,5-8,16H2,(H,17,18,19). The normalized spacial score (nSPS) is 15.0. The van der Waals surface area contributed by atoms with E-state index in [1.807, 2.05) is 12.1 Å².